The SMILES string of the molecule is Nc1cccc(CS(=O)(=O)c2ccc(Cl)cc2NS(=O)(=O)c2cc3ccccc3o2)n1. The Bertz CT molecular complexity index is 1470. The normalized spacial score (nSPS) is 12.2. The smallest absolute Gasteiger partial charge is 0.295 e. The average Bonchev–Trinajstić information content (AvgIpc) is 3.12. The Labute approximate surface area is 183 Å². The maximum atomic E-state index is 13.0. The van der Waals surface area contributed by atoms with Crippen LogP contribution in [0.25, 0.3) is 11.0 Å². The summed E-state index contributed by atoms with van der Waals surface area (Å²) in [5.74, 6) is -0.298. The molecule has 0 spiro atoms. The summed E-state index contributed by atoms with van der Waals surface area (Å²) in [4.78, 5) is 3.75. The zero-order chi connectivity index (χ0) is 22.2. The Morgan fingerprint density at radius 3 is 2.48 bits per heavy atom. The average molecular weight is 478 g/mol. The number of sulfone groups is 1. The number of nitrogens with two attached hydrogens (primary N) is 1. The minimum Gasteiger partial charge on any atom is -0.443 e. The van der Waals surface area contributed by atoms with Crippen molar-refractivity contribution in [1.29, 1.82) is 0 Å². The van der Waals surface area contributed by atoms with Gasteiger partial charge in [-0.25, -0.2) is 13.4 Å². The van der Waals surface area contributed by atoms with Crippen molar-refractivity contribution in [2.75, 3.05) is 10.5 Å². The van der Waals surface area contributed by atoms with Gasteiger partial charge in [-0.1, -0.05) is 35.9 Å². The third-order valence-electron chi connectivity index (χ3n) is 4.35. The van der Waals surface area contributed by atoms with Crippen molar-refractivity contribution in [1.82, 2.24) is 4.98 Å². The van der Waals surface area contributed by atoms with Crippen molar-refractivity contribution in [3.8, 4) is 0 Å². The van der Waals surface area contributed by atoms with Gasteiger partial charge in [0.25, 0.3) is 10.0 Å². The molecule has 0 aliphatic rings. The van der Waals surface area contributed by atoms with E-state index in [1.165, 1.54) is 36.4 Å². The van der Waals surface area contributed by atoms with E-state index in [9.17, 15) is 16.8 Å². The molecule has 31 heavy (non-hydrogen) atoms. The van der Waals surface area contributed by atoms with E-state index in [-0.39, 0.29) is 32.2 Å². The van der Waals surface area contributed by atoms with Crippen LogP contribution < -0.4 is 10.5 Å². The van der Waals surface area contributed by atoms with Gasteiger partial charge in [0.1, 0.15) is 11.4 Å². The van der Waals surface area contributed by atoms with Gasteiger partial charge in [-0.2, -0.15) is 8.42 Å². The molecule has 11 heteroatoms. The molecule has 4 aromatic rings. The van der Waals surface area contributed by atoms with Gasteiger partial charge in [0.15, 0.2) is 9.84 Å². The first-order valence-electron chi connectivity index (χ1n) is 8.89. The minimum absolute atomic E-state index is 0.156. The van der Waals surface area contributed by atoms with E-state index in [0.717, 1.165) is 0 Å². The Balaban J connectivity index is 1.72. The highest BCUT2D eigenvalue weighted by Crippen LogP contribution is 2.31. The number of fused-ring (bicyclic) bond motifs is 1. The van der Waals surface area contributed by atoms with Crippen LogP contribution in [0.4, 0.5) is 11.5 Å². The highest BCUT2D eigenvalue weighted by molar-refractivity contribution is 7.93. The third kappa shape index (κ3) is 4.50. The summed E-state index contributed by atoms with van der Waals surface area (Å²) in [6.07, 6.45) is 0. The van der Waals surface area contributed by atoms with Crippen molar-refractivity contribution in [2.24, 2.45) is 0 Å². The molecule has 0 saturated heterocycles. The van der Waals surface area contributed by atoms with Crippen LogP contribution in [0.5, 0.6) is 0 Å². The zero-order valence-corrected chi connectivity index (χ0v) is 18.2. The Morgan fingerprint density at radius 2 is 1.74 bits per heavy atom. The molecule has 2 aromatic carbocycles. The van der Waals surface area contributed by atoms with E-state index in [0.29, 0.717) is 11.0 Å². The first-order chi connectivity index (χ1) is 14.6. The van der Waals surface area contributed by atoms with E-state index in [4.69, 9.17) is 21.8 Å². The van der Waals surface area contributed by atoms with Crippen LogP contribution in [0.15, 0.2) is 81.1 Å². The van der Waals surface area contributed by atoms with Crippen LogP contribution in [0.3, 0.4) is 0 Å². The van der Waals surface area contributed by atoms with Crippen molar-refractivity contribution >= 4 is 53.9 Å². The first kappa shape index (κ1) is 21.2. The molecule has 0 aliphatic carbocycles. The summed E-state index contributed by atoms with van der Waals surface area (Å²) in [6.45, 7) is 0. The van der Waals surface area contributed by atoms with Gasteiger partial charge in [0.2, 0.25) is 5.09 Å². The van der Waals surface area contributed by atoms with Crippen LogP contribution >= 0.6 is 11.6 Å². The maximum Gasteiger partial charge on any atom is 0.295 e. The lowest BCUT2D eigenvalue weighted by molar-refractivity contribution is 0.484. The second-order valence-electron chi connectivity index (χ2n) is 6.66. The number of sulfonamides is 1. The molecule has 0 radical (unpaired) electrons. The fourth-order valence-electron chi connectivity index (χ4n) is 2.99. The lowest BCUT2D eigenvalue weighted by Gasteiger charge is -2.13. The summed E-state index contributed by atoms with van der Waals surface area (Å²) in [5.41, 5.74) is 6.03. The standard InChI is InChI=1S/C20H16ClN3O5S2/c21-14-8-9-18(30(25,26)12-15-5-3-7-19(22)23-15)16(11-14)24-31(27,28)20-10-13-4-1-2-6-17(13)29-20/h1-11,24H,12H2,(H2,22,23). The van der Waals surface area contributed by atoms with Crippen LogP contribution in [-0.2, 0) is 25.6 Å². The van der Waals surface area contributed by atoms with E-state index in [2.05, 4.69) is 9.71 Å². The fourth-order valence-corrected chi connectivity index (χ4v) is 5.69. The molecule has 2 aromatic heterocycles. The fraction of sp³-hybridized carbons (Fsp3) is 0.0500. The number of anilines is 2. The van der Waals surface area contributed by atoms with E-state index in [1.54, 1.807) is 30.3 Å². The number of nitrogen functional groups attached to an aromatic ring is 1. The quantitative estimate of drug-likeness (QED) is 0.431. The molecule has 0 saturated carbocycles. The van der Waals surface area contributed by atoms with E-state index >= 15 is 0 Å². The number of aromatic nitrogens is 1. The van der Waals surface area contributed by atoms with Gasteiger partial charge in [-0.05, 0) is 36.4 Å². The number of nitrogens with one attached hydrogen (secondary N) is 1. The molecule has 0 fully saturated rings. The van der Waals surface area contributed by atoms with Crippen LogP contribution in [0.2, 0.25) is 5.02 Å². The highest BCUT2D eigenvalue weighted by atomic mass is 35.5. The Kier molecular flexibility index (Phi) is 5.38. The number of nitrogens with zero attached hydrogens (tertiary/aromatic N) is 1. The molecule has 0 aliphatic heterocycles. The summed E-state index contributed by atoms with van der Waals surface area (Å²) in [6, 6.07) is 16.6. The number of furan rings is 1. The molecule has 8 nitrogen and oxygen atoms in total. The second-order valence-corrected chi connectivity index (χ2v) is 10.7. The van der Waals surface area contributed by atoms with Gasteiger partial charge in [0, 0.05) is 16.5 Å². The minimum atomic E-state index is -4.23. The van der Waals surface area contributed by atoms with Crippen LogP contribution in [0.1, 0.15) is 5.69 Å². The summed E-state index contributed by atoms with van der Waals surface area (Å²) in [7, 11) is -8.22. The molecular formula is C20H16ClN3O5S2. The number of hydrogen-bond donors (Lipinski definition) is 2. The van der Waals surface area contributed by atoms with Gasteiger partial charge < -0.3 is 10.2 Å². The second kappa shape index (κ2) is 7.88. The van der Waals surface area contributed by atoms with Crippen molar-refractivity contribution in [2.45, 2.75) is 15.7 Å². The molecule has 2 heterocycles. The number of pyridine rings is 1. The molecule has 4 rings (SSSR count). The van der Waals surface area contributed by atoms with Crippen LogP contribution in [-0.4, -0.2) is 21.8 Å². The Morgan fingerprint density at radius 1 is 0.968 bits per heavy atom. The summed E-state index contributed by atoms with van der Waals surface area (Å²) < 4.78 is 59.5. The summed E-state index contributed by atoms with van der Waals surface area (Å²) >= 11 is 6.01. The highest BCUT2D eigenvalue weighted by Gasteiger charge is 2.26. The lowest BCUT2D eigenvalue weighted by Crippen LogP contribution is -2.16. The largest absolute Gasteiger partial charge is 0.443 e. The maximum absolute atomic E-state index is 13.0. The number of rotatable bonds is 6. The van der Waals surface area contributed by atoms with Crippen molar-refractivity contribution in [3.05, 3.63) is 77.4 Å². The van der Waals surface area contributed by atoms with Crippen molar-refractivity contribution in [3.63, 3.8) is 0 Å². The third-order valence-corrected chi connectivity index (χ3v) is 7.51. The topological polar surface area (TPSA) is 132 Å². The van der Waals surface area contributed by atoms with Gasteiger partial charge in [-0.15, -0.1) is 0 Å². The molecular weight excluding hydrogens is 462 g/mol. The Hall–Kier alpha value is -3.08. The zero-order valence-electron chi connectivity index (χ0n) is 15.8. The predicted molar refractivity (Wildman–Crippen MR) is 118 cm³/mol. The van der Waals surface area contributed by atoms with Crippen molar-refractivity contribution < 1.29 is 21.3 Å². The molecule has 0 unspecified atom stereocenters. The van der Waals surface area contributed by atoms with E-state index < -0.39 is 25.6 Å². The van der Waals surface area contributed by atoms with Gasteiger partial charge in [-0.3, -0.25) is 4.72 Å². The molecule has 0 atom stereocenters. The molecule has 3 N–H and O–H groups in total. The predicted octanol–water partition coefficient (Wildman–Crippen LogP) is 3.84. The number of para-hydroxylation sites is 1. The molecule has 160 valence electrons. The summed E-state index contributed by atoms with van der Waals surface area (Å²) in [5, 5.41) is 0.396. The van der Waals surface area contributed by atoms with Gasteiger partial charge in [0.05, 0.1) is 22.0 Å². The number of benzene rings is 2. The van der Waals surface area contributed by atoms with Gasteiger partial charge >= 0.3 is 0 Å². The number of halogens is 1. The molecule has 0 amide bonds. The molecule has 0 bridgehead atoms. The lowest BCUT2D eigenvalue weighted by atomic mass is 10.3. The monoisotopic (exact) mass is 477 g/mol. The van der Waals surface area contributed by atoms with E-state index in [1.807, 2.05) is 0 Å². The van der Waals surface area contributed by atoms with Crippen LogP contribution in [0, 0.1) is 0 Å². The first-order valence-corrected chi connectivity index (χ1v) is 12.4. The number of hydrogen-bond acceptors (Lipinski definition) is 7.